The first-order valence-electron chi connectivity index (χ1n) is 48.2. The summed E-state index contributed by atoms with van der Waals surface area (Å²) >= 11 is 0. The van der Waals surface area contributed by atoms with Crippen molar-refractivity contribution in [1.29, 1.82) is 0 Å². The second-order valence-electron chi connectivity index (χ2n) is 47.4. The van der Waals surface area contributed by atoms with Crippen LogP contribution in [0.5, 0.6) is 0 Å². The van der Waals surface area contributed by atoms with E-state index in [1.54, 1.807) is 66.7 Å². The molecule has 2 aliphatic rings. The minimum absolute atomic E-state index is 0. The number of amides is 4. The van der Waals surface area contributed by atoms with E-state index in [0.717, 1.165) is 51.1 Å². The molecule has 0 spiro atoms. The molecule has 138 heavy (non-hydrogen) atoms. The Morgan fingerprint density at radius 3 is 0.870 bits per heavy atom. The van der Waals surface area contributed by atoms with E-state index in [4.69, 9.17) is 17.6 Å². The van der Waals surface area contributed by atoms with Gasteiger partial charge in [0.25, 0.3) is 5.91 Å². The molecule has 1 unspecified atom stereocenters. The van der Waals surface area contributed by atoms with Gasteiger partial charge >= 0.3 is 5.97 Å². The predicted octanol–water partition coefficient (Wildman–Crippen LogP) is 24.1. The van der Waals surface area contributed by atoms with Crippen LogP contribution in [-0.4, -0.2) is 160 Å². The summed E-state index contributed by atoms with van der Waals surface area (Å²) in [5.74, 6) is 10.5. The molecule has 0 aromatic rings. The highest BCUT2D eigenvalue weighted by Crippen LogP contribution is 2.30. The number of carbonyl (C=O) groups excluding carboxylic acids is 16. The van der Waals surface area contributed by atoms with Crippen LogP contribution in [0.15, 0.2) is 60.8 Å². The van der Waals surface area contributed by atoms with E-state index in [-0.39, 0.29) is 160 Å². The lowest BCUT2D eigenvalue weighted by Gasteiger charge is -2.20. The molecule has 1 aliphatic heterocycles. The van der Waals surface area contributed by atoms with Gasteiger partial charge in [0, 0.05) is 127 Å². The first-order valence-corrected chi connectivity index (χ1v) is 48.2. The van der Waals surface area contributed by atoms with E-state index in [9.17, 15) is 76.7 Å². The first kappa shape index (κ1) is 157. The lowest BCUT2D eigenvalue weighted by molar-refractivity contribution is -0.137. The van der Waals surface area contributed by atoms with Gasteiger partial charge in [-0.15, -0.1) is 12.8 Å². The van der Waals surface area contributed by atoms with Gasteiger partial charge in [0.1, 0.15) is 17.7 Å². The molecule has 0 radical (unpaired) electrons. The number of esters is 1. The number of nitrogens with one attached hydrogen (secondary N) is 4. The van der Waals surface area contributed by atoms with Crippen LogP contribution >= 0.6 is 0 Å². The molecule has 1 saturated heterocycles. The maximum atomic E-state index is 11.3. The van der Waals surface area contributed by atoms with Gasteiger partial charge in [0.15, 0.2) is 40.5 Å². The van der Waals surface area contributed by atoms with Gasteiger partial charge in [-0.25, -0.2) is 4.79 Å². The highest BCUT2D eigenvalue weighted by Gasteiger charge is 2.38. The van der Waals surface area contributed by atoms with E-state index in [1.165, 1.54) is 25.2 Å². The van der Waals surface area contributed by atoms with E-state index in [2.05, 4.69) is 50.7 Å². The summed E-state index contributed by atoms with van der Waals surface area (Å²) in [5.41, 5.74) is -3.08. The molecule has 2 rings (SSSR count). The second-order valence-corrected chi connectivity index (χ2v) is 47.4. The number of likely N-dealkylation sites (N-methyl/N-ethyl adjacent to an activating group) is 1. The topological polar surface area (TPSA) is 346 Å². The Balaban J connectivity index is -0.000000111. The van der Waals surface area contributed by atoms with Crippen molar-refractivity contribution < 1.29 is 86.2 Å². The van der Waals surface area contributed by atoms with Crippen LogP contribution in [0.25, 0.3) is 0 Å². The van der Waals surface area contributed by atoms with Crippen LogP contribution in [-0.2, 0) is 86.2 Å². The molecule has 1 atom stereocenters. The van der Waals surface area contributed by atoms with Crippen molar-refractivity contribution in [3.05, 3.63) is 60.8 Å². The van der Waals surface area contributed by atoms with Crippen molar-refractivity contribution in [1.82, 2.24) is 26.2 Å². The SMILES string of the molecule is C.C#CC(=O)C(C)(C)C.C#CC(=O)NC(C)(C)C.CC(=O)/C=C/C(=O)C(C)(C)C.CC(C)(C)C(=O)C1CO1.CC(C)(C)NC(=O)C1CC1.CC/C=C/C(=O)C(C)(C)C.CCC#CC(=O)C(C)(C)C.CCC(=O)C(C)(C)C.CCC(=O)C(C)(C)C.CCC(=O)NC(C)(C)C.CCC(=O)NC(C)(C)C.CCC/C=C/C(=O)C(C)(C)C.CCOC(=O)/C=C/C(=O)C(C)(C)C.CN(C)C/C=C/C(=O)C(C)(C)C. The number of Topliss-reactive ketones (excluding diaryl/α,β-unsaturated/α-hetero) is 5. The van der Waals surface area contributed by atoms with E-state index in [0.29, 0.717) is 56.4 Å². The summed E-state index contributed by atoms with van der Waals surface area (Å²) in [6.07, 6.45) is 33.8. The highest BCUT2D eigenvalue weighted by atomic mass is 16.6. The number of carbonyl (C=O) groups is 16. The summed E-state index contributed by atoms with van der Waals surface area (Å²) < 4.78 is 9.47. The zero-order chi connectivity index (χ0) is 112. The minimum Gasteiger partial charge on any atom is -0.463 e. The van der Waals surface area contributed by atoms with Crippen molar-refractivity contribution >= 4 is 93.2 Å². The fraction of sp³-hybridized carbons (Fsp3) is 0.722. The van der Waals surface area contributed by atoms with Gasteiger partial charge in [-0.3, -0.25) is 71.9 Å². The number of nitrogens with zero attached hydrogens (tertiary/aromatic N) is 1. The molecule has 2 fully saturated rings. The Morgan fingerprint density at radius 2 is 0.688 bits per heavy atom. The summed E-state index contributed by atoms with van der Waals surface area (Å²) in [4.78, 5) is 177. The number of ketones is 11. The second kappa shape index (κ2) is 75.8. The number of hydrogen-bond acceptors (Lipinski definition) is 19. The monoisotopic (exact) mass is 1950 g/mol. The van der Waals surface area contributed by atoms with Crippen LogP contribution in [0.2, 0.25) is 0 Å². The maximum absolute atomic E-state index is 11.3. The summed E-state index contributed by atoms with van der Waals surface area (Å²) in [5, 5.41) is 11.2. The number of unbranched alkanes of at least 4 members (excludes halogenated alkanes) is 1. The highest BCUT2D eigenvalue weighted by molar-refractivity contribution is 6.02. The van der Waals surface area contributed by atoms with E-state index < -0.39 is 11.4 Å². The van der Waals surface area contributed by atoms with Crippen LogP contribution in [0, 0.1) is 96.6 Å². The predicted molar refractivity (Wildman–Crippen MR) is 579 cm³/mol. The largest absolute Gasteiger partial charge is 0.463 e. The van der Waals surface area contributed by atoms with Crippen molar-refractivity contribution in [3.8, 4) is 36.5 Å². The third-order valence-corrected chi connectivity index (χ3v) is 16.1. The van der Waals surface area contributed by atoms with Crippen LogP contribution in [0.4, 0.5) is 0 Å². The molecule has 0 aromatic carbocycles. The number of terminal acetylenes is 2. The third kappa shape index (κ3) is 121. The summed E-state index contributed by atoms with van der Waals surface area (Å²) in [6, 6.07) is 0. The Morgan fingerprint density at radius 1 is 0.377 bits per heavy atom. The average molecular weight is 1950 g/mol. The lowest BCUT2D eigenvalue weighted by atomic mass is 9.89. The fourth-order valence-corrected chi connectivity index (χ4v) is 7.25. The maximum Gasteiger partial charge on any atom is 0.330 e. The standard InChI is InChI=1S/C10H19NO.C10H16O3.C10H18O.C9H14O2.C9H16O.C9H14O.C8H15NO.2C7H15NO.C7H11NO.C7H12O2.2C7H14O.C7H10O.CH4/c1-10(2,3)9(12)7-6-8-11(4)5;1-5-13-9(12)7-6-8(11)10(2,3)4;1-5-6-7-8-9(11)10(2,3)4;1-7(10)5-6-8(11)9(2,3)4;2*1-5-6-7-8(10)9(2,3)4;1-8(2,3)9-7(10)6-4-5-6;3*1-5-6(9)8-7(2,3)4;1-7(2,3)6(8)5-4-9-5;3*1-5-6(8)7(2,3)4;/h6-7H,8H2,1-5H3;6-7H,5H2,1-4H3;7-8H,5-6H2,1-4H3;5-6H,1-4H3;6-7H,5H2,1-4H3;5H2,1-4H3;6H,4-5H2,1-3H3,(H,9,10);2*5H2,1-4H3,(H,8,9);1H,2-4H3,(H,8,9);5H,4H2,1-3H3;2*5H2,1-4H3;1H,2-4H3;1H4/b2*7-6+;8-7+;6-5+;7-6+;;;;;;;;;;. The Bertz CT molecular complexity index is 3850. The lowest BCUT2D eigenvalue weighted by Crippen LogP contribution is -2.41. The van der Waals surface area contributed by atoms with Gasteiger partial charge in [0.05, 0.1) is 13.2 Å². The number of rotatable bonds is 19. The van der Waals surface area contributed by atoms with Gasteiger partial charge in [0.2, 0.25) is 29.3 Å². The molecule has 1 heterocycles. The minimum atomic E-state index is -0.472. The van der Waals surface area contributed by atoms with Gasteiger partial charge in [-0.05, 0) is 191 Å². The molecule has 0 bridgehead atoms. The van der Waals surface area contributed by atoms with Crippen LogP contribution < -0.4 is 21.3 Å². The number of ether oxygens (including phenoxy) is 2. The van der Waals surface area contributed by atoms with Gasteiger partial charge < -0.3 is 35.6 Å². The molecule has 4 amide bonds. The van der Waals surface area contributed by atoms with Crippen LogP contribution in [0.1, 0.15) is 425 Å². The quantitative estimate of drug-likeness (QED) is 0.0307. The van der Waals surface area contributed by atoms with Crippen molar-refractivity contribution in [2.45, 2.75) is 453 Å². The van der Waals surface area contributed by atoms with Crippen molar-refractivity contribution in [3.63, 3.8) is 0 Å². The first-order chi connectivity index (χ1) is 60.8. The number of hydrogen-bond donors (Lipinski definition) is 4. The summed E-state index contributed by atoms with van der Waals surface area (Å²) in [7, 11) is 3.96. The Labute approximate surface area is 845 Å². The molecule has 1 saturated carbocycles. The number of epoxide rings is 1. The smallest absolute Gasteiger partial charge is 0.330 e. The Kier molecular flexibility index (Phi) is 86.3. The average Bonchev–Trinajstić information content (AvgIpc) is 1.69. The normalized spacial score (nSPS) is 12.9. The Hall–Kier alpha value is -8.98. The molecule has 1 aliphatic carbocycles. The number of allylic oxidation sites excluding steroid dienone is 8. The molecular weight excluding hydrogens is 1740 g/mol. The third-order valence-electron chi connectivity index (χ3n) is 16.1. The molecule has 4 N–H and O–H groups in total. The molecular formula is C115H207N5O18. The fourth-order valence-electron chi connectivity index (χ4n) is 7.25. The van der Waals surface area contributed by atoms with E-state index in [1.807, 2.05) is 334 Å². The van der Waals surface area contributed by atoms with Gasteiger partial charge in [-0.2, -0.15) is 0 Å². The molecule has 0 aromatic heterocycles. The van der Waals surface area contributed by atoms with Crippen molar-refractivity contribution in [2.24, 2.45) is 60.1 Å². The summed E-state index contributed by atoms with van der Waals surface area (Å²) in [6.45, 7) is 98.6. The van der Waals surface area contributed by atoms with E-state index >= 15 is 0 Å². The zero-order valence-electron chi connectivity index (χ0n) is 97.1. The van der Waals surface area contributed by atoms with Crippen LogP contribution in [0.3, 0.4) is 0 Å². The van der Waals surface area contributed by atoms with Gasteiger partial charge in [-0.1, -0.05) is 294 Å². The zero-order valence-corrected chi connectivity index (χ0v) is 97.1. The molecule has 800 valence electrons. The molecule has 23 heteroatoms. The molecule has 23 nitrogen and oxygen atoms in total. The van der Waals surface area contributed by atoms with Crippen molar-refractivity contribution in [2.75, 3.05) is 33.9 Å².